The van der Waals surface area contributed by atoms with Gasteiger partial charge in [-0.2, -0.15) is 0 Å². The van der Waals surface area contributed by atoms with Crippen molar-refractivity contribution in [3.63, 3.8) is 0 Å². The normalized spacial score (nSPS) is 11.7. The first-order valence-electron chi connectivity index (χ1n) is 31.3. The Morgan fingerprint density at radius 1 is 0.207 bits per heavy atom. The van der Waals surface area contributed by atoms with E-state index in [4.69, 9.17) is 19.4 Å². The first-order valence-corrected chi connectivity index (χ1v) is 31.3. The third-order valence-electron chi connectivity index (χ3n) is 18.4. The molecule has 0 unspecified atom stereocenters. The van der Waals surface area contributed by atoms with Gasteiger partial charge in [-0.3, -0.25) is 0 Å². The van der Waals surface area contributed by atoms with E-state index in [-0.39, 0.29) is 0 Å². The Bertz CT molecular complexity index is 5870. The first-order chi connectivity index (χ1) is 45.6. The SMILES string of the molecule is c1ccc(-c2ccc3c(c2)c2ccccc2n3-c2ccc(-c3cccc(-c4cc(-c5cccc(-c6cccc(-c7cccc(-c8nc(-c9ccccc9)nc(-c9ccccc9)n8)c7)c6)c5)c5oc6cc7c8ccccc8c8ccccc8c7cc6c5c4)c3)cc2)cc1. The van der Waals surface area contributed by atoms with Crippen molar-refractivity contribution in [1.29, 1.82) is 0 Å². The lowest BCUT2D eigenvalue weighted by Gasteiger charge is -2.13. The topological polar surface area (TPSA) is 56.7 Å². The summed E-state index contributed by atoms with van der Waals surface area (Å²) >= 11 is 0. The van der Waals surface area contributed by atoms with E-state index in [0.717, 1.165) is 100.0 Å². The molecular formula is C87H54N4O. The van der Waals surface area contributed by atoms with Gasteiger partial charge in [-0.1, -0.05) is 249 Å². The average Bonchev–Trinajstić information content (AvgIpc) is 1.49. The van der Waals surface area contributed by atoms with Crippen molar-refractivity contribution in [1.82, 2.24) is 19.5 Å². The van der Waals surface area contributed by atoms with Crippen LogP contribution in [0.4, 0.5) is 0 Å². The summed E-state index contributed by atoms with van der Waals surface area (Å²) in [4.78, 5) is 15.1. The van der Waals surface area contributed by atoms with E-state index >= 15 is 0 Å². The van der Waals surface area contributed by atoms with Crippen LogP contribution < -0.4 is 0 Å². The van der Waals surface area contributed by atoms with Crippen LogP contribution in [-0.4, -0.2) is 19.5 Å². The summed E-state index contributed by atoms with van der Waals surface area (Å²) in [7, 11) is 0. The van der Waals surface area contributed by atoms with Crippen molar-refractivity contribution >= 4 is 76.1 Å². The maximum atomic E-state index is 7.23. The fourth-order valence-electron chi connectivity index (χ4n) is 13.9. The summed E-state index contributed by atoms with van der Waals surface area (Å²) in [5.74, 6) is 1.88. The van der Waals surface area contributed by atoms with Gasteiger partial charge in [0, 0.05) is 49.5 Å². The molecule has 3 aromatic heterocycles. The molecular weight excluding hydrogens is 1120 g/mol. The zero-order valence-corrected chi connectivity index (χ0v) is 49.9. The summed E-state index contributed by atoms with van der Waals surface area (Å²) in [5, 5.41) is 11.9. The predicted octanol–water partition coefficient (Wildman–Crippen LogP) is 23.3. The van der Waals surface area contributed by atoms with E-state index in [1.807, 2.05) is 60.7 Å². The average molecular weight is 1170 g/mol. The standard InChI is InChI=1S/C87H54N4O/c1-4-20-55(21-5-1)65-42-45-82-78(50-65)74-38-14-15-39-81(74)91(82)69-43-40-56(41-44-69)59-26-16-31-64(46-59)68-51-75(84-80(52-68)79-53-76-72-36-12-10-34-70(72)71-35-11-13-37-73(71)77(76)54-83(79)92-84)66-32-18-29-62(48-66)60-27-17-28-61(47-60)63-30-19-33-67(49-63)87-89-85(57-22-6-2-7-23-57)88-86(90-87)58-24-8-3-9-25-58/h1-54H. The molecule has 0 aliphatic carbocycles. The molecule has 0 atom stereocenters. The number of hydrogen-bond donors (Lipinski definition) is 0. The van der Waals surface area contributed by atoms with Gasteiger partial charge in [-0.15, -0.1) is 0 Å². The monoisotopic (exact) mass is 1170 g/mol. The van der Waals surface area contributed by atoms with Gasteiger partial charge in [0.1, 0.15) is 11.2 Å². The smallest absolute Gasteiger partial charge is 0.164 e. The van der Waals surface area contributed by atoms with Crippen molar-refractivity contribution < 1.29 is 4.42 Å². The fraction of sp³-hybridized carbons (Fsp3) is 0. The zero-order valence-electron chi connectivity index (χ0n) is 49.9. The van der Waals surface area contributed by atoms with Gasteiger partial charge in [0.05, 0.1) is 11.0 Å². The summed E-state index contributed by atoms with van der Waals surface area (Å²) in [6.07, 6.45) is 0. The minimum atomic E-state index is 0.618. The second-order valence-corrected chi connectivity index (χ2v) is 23.8. The van der Waals surface area contributed by atoms with Gasteiger partial charge in [0.2, 0.25) is 0 Å². The largest absolute Gasteiger partial charge is 0.455 e. The van der Waals surface area contributed by atoms with Crippen LogP contribution in [0, 0.1) is 0 Å². The lowest BCUT2D eigenvalue weighted by Crippen LogP contribution is -2.00. The lowest BCUT2D eigenvalue weighted by atomic mass is 9.91. The van der Waals surface area contributed by atoms with Crippen LogP contribution in [0.5, 0.6) is 0 Å². The molecule has 0 saturated carbocycles. The molecule has 0 bridgehead atoms. The van der Waals surface area contributed by atoms with Crippen LogP contribution in [-0.2, 0) is 0 Å². The van der Waals surface area contributed by atoms with Gasteiger partial charge >= 0.3 is 0 Å². The Morgan fingerprint density at radius 2 is 0.587 bits per heavy atom. The highest BCUT2D eigenvalue weighted by molar-refractivity contribution is 6.28. The molecule has 0 aliphatic heterocycles. The van der Waals surface area contributed by atoms with E-state index in [2.05, 4.69) is 271 Å². The minimum Gasteiger partial charge on any atom is -0.455 e. The molecule has 92 heavy (non-hydrogen) atoms. The van der Waals surface area contributed by atoms with E-state index in [0.29, 0.717) is 17.5 Å². The van der Waals surface area contributed by atoms with Gasteiger partial charge in [0.15, 0.2) is 17.5 Å². The van der Waals surface area contributed by atoms with E-state index < -0.39 is 0 Å². The molecule has 5 heteroatoms. The molecule has 0 N–H and O–H groups in total. The summed E-state index contributed by atoms with van der Waals surface area (Å²) in [6.45, 7) is 0. The number of rotatable bonds is 10. The maximum Gasteiger partial charge on any atom is 0.164 e. The molecule has 3 heterocycles. The Labute approximate surface area is 531 Å². The van der Waals surface area contributed by atoms with Crippen molar-refractivity contribution in [2.75, 3.05) is 0 Å². The molecule has 0 fully saturated rings. The van der Waals surface area contributed by atoms with E-state index in [9.17, 15) is 0 Å². The quantitative estimate of drug-likeness (QED) is 0.128. The van der Waals surface area contributed by atoms with Crippen LogP contribution in [0.15, 0.2) is 332 Å². The lowest BCUT2D eigenvalue weighted by molar-refractivity contribution is 0.670. The number of nitrogens with zero attached hydrogens (tertiary/aromatic N) is 4. The highest BCUT2D eigenvalue weighted by Crippen LogP contribution is 2.45. The third-order valence-corrected chi connectivity index (χ3v) is 18.4. The molecule has 0 aliphatic rings. The number of para-hydroxylation sites is 1. The van der Waals surface area contributed by atoms with Crippen molar-refractivity contribution in [2.24, 2.45) is 0 Å². The fourth-order valence-corrected chi connectivity index (χ4v) is 13.9. The maximum absolute atomic E-state index is 7.23. The molecule has 0 spiro atoms. The molecule has 0 saturated heterocycles. The van der Waals surface area contributed by atoms with Gasteiger partial charge < -0.3 is 8.98 Å². The molecule has 5 nitrogen and oxygen atoms in total. The second-order valence-electron chi connectivity index (χ2n) is 23.8. The van der Waals surface area contributed by atoms with Crippen molar-refractivity contribution in [3.8, 4) is 107 Å². The molecule has 0 radical (unpaired) electrons. The highest BCUT2D eigenvalue weighted by atomic mass is 16.3. The number of furan rings is 1. The molecule has 0 amide bonds. The number of fused-ring (bicyclic) bond motifs is 12. The second kappa shape index (κ2) is 21.8. The van der Waals surface area contributed by atoms with Crippen LogP contribution >= 0.6 is 0 Å². The van der Waals surface area contributed by atoms with Crippen LogP contribution in [0.1, 0.15) is 0 Å². The van der Waals surface area contributed by atoms with Crippen molar-refractivity contribution in [3.05, 3.63) is 328 Å². The highest BCUT2D eigenvalue weighted by Gasteiger charge is 2.21. The predicted molar refractivity (Wildman–Crippen MR) is 383 cm³/mol. The summed E-state index contributed by atoms with van der Waals surface area (Å²) in [6, 6.07) is 118. The molecule has 428 valence electrons. The van der Waals surface area contributed by atoms with Crippen LogP contribution in [0.3, 0.4) is 0 Å². The number of aromatic nitrogens is 4. The Balaban J connectivity index is 0.744. The first kappa shape index (κ1) is 52.8. The van der Waals surface area contributed by atoms with Crippen molar-refractivity contribution in [2.45, 2.75) is 0 Å². The van der Waals surface area contributed by atoms with Gasteiger partial charge in [-0.25, -0.2) is 15.0 Å². The molecule has 15 aromatic carbocycles. The Hall–Kier alpha value is -12.3. The number of benzene rings is 15. The summed E-state index contributed by atoms with van der Waals surface area (Å²) in [5.41, 5.74) is 21.3. The summed E-state index contributed by atoms with van der Waals surface area (Å²) < 4.78 is 9.63. The van der Waals surface area contributed by atoms with E-state index in [1.54, 1.807) is 0 Å². The Kier molecular flexibility index (Phi) is 12.5. The number of hydrogen-bond acceptors (Lipinski definition) is 4. The zero-order chi connectivity index (χ0) is 60.6. The minimum absolute atomic E-state index is 0.618. The van der Waals surface area contributed by atoms with E-state index in [1.165, 1.54) is 65.3 Å². The van der Waals surface area contributed by atoms with Crippen LogP contribution in [0.25, 0.3) is 183 Å². The molecule has 18 aromatic rings. The third kappa shape index (κ3) is 9.13. The van der Waals surface area contributed by atoms with Crippen LogP contribution in [0.2, 0.25) is 0 Å². The Morgan fingerprint density at radius 3 is 1.17 bits per heavy atom. The van der Waals surface area contributed by atoms with Gasteiger partial charge in [-0.05, 0) is 172 Å². The molecule has 18 rings (SSSR count). The van der Waals surface area contributed by atoms with Gasteiger partial charge in [0.25, 0.3) is 0 Å².